The zero-order valence-electron chi connectivity index (χ0n) is 19.6. The fourth-order valence-corrected chi connectivity index (χ4v) is 5.68. The van der Waals surface area contributed by atoms with E-state index in [4.69, 9.17) is 16.3 Å². The van der Waals surface area contributed by atoms with Crippen LogP contribution < -0.4 is 10.9 Å². The quantitative estimate of drug-likeness (QED) is 0.249. The zero-order chi connectivity index (χ0) is 26.1. The molecule has 2 aliphatic carbocycles. The van der Waals surface area contributed by atoms with Crippen LogP contribution in [0.3, 0.4) is 0 Å². The van der Waals surface area contributed by atoms with Crippen molar-refractivity contribution in [3.8, 4) is 0 Å². The molecule has 0 aromatic heterocycles. The third-order valence-electron chi connectivity index (χ3n) is 7.14. The number of nitrogens with zero attached hydrogens (tertiary/aromatic N) is 1. The van der Waals surface area contributed by atoms with Gasteiger partial charge in [-0.1, -0.05) is 66.2 Å². The number of halogens is 1. The van der Waals surface area contributed by atoms with Crippen molar-refractivity contribution >= 4 is 41.2 Å². The van der Waals surface area contributed by atoms with Crippen LogP contribution in [0.5, 0.6) is 0 Å². The summed E-state index contributed by atoms with van der Waals surface area (Å²) < 4.78 is 5.21. The molecule has 2 bridgehead atoms. The van der Waals surface area contributed by atoms with Crippen molar-refractivity contribution < 1.29 is 28.7 Å². The molecule has 2 aromatic carbocycles. The monoisotopic (exact) mass is 521 g/mol. The van der Waals surface area contributed by atoms with Crippen LogP contribution in [0.15, 0.2) is 66.7 Å². The minimum atomic E-state index is -1.21. The zero-order valence-corrected chi connectivity index (χ0v) is 20.4. The van der Waals surface area contributed by atoms with Gasteiger partial charge in [-0.3, -0.25) is 34.9 Å². The van der Waals surface area contributed by atoms with Crippen molar-refractivity contribution in [3.63, 3.8) is 0 Å². The molecule has 0 unspecified atom stereocenters. The highest BCUT2D eigenvalue weighted by molar-refractivity contribution is 6.33. The van der Waals surface area contributed by atoms with Gasteiger partial charge in [0.2, 0.25) is 11.8 Å². The molecule has 1 saturated heterocycles. The highest BCUT2D eigenvalue weighted by Gasteiger charge is 2.61. The number of fused-ring (bicyclic) bond motifs is 5. The Hall–Kier alpha value is -3.98. The largest absolute Gasteiger partial charge is 0.454 e. The van der Waals surface area contributed by atoms with Crippen molar-refractivity contribution in [3.05, 3.63) is 82.9 Å². The Morgan fingerprint density at radius 1 is 0.919 bits per heavy atom. The first kappa shape index (κ1) is 24.7. The van der Waals surface area contributed by atoms with E-state index in [-0.39, 0.29) is 40.7 Å². The van der Waals surface area contributed by atoms with Crippen molar-refractivity contribution in [2.24, 2.45) is 23.7 Å². The van der Waals surface area contributed by atoms with Crippen LogP contribution in [-0.4, -0.2) is 47.1 Å². The van der Waals surface area contributed by atoms with Gasteiger partial charge in [0, 0.05) is 6.42 Å². The fraction of sp³-hybridized carbons (Fsp3) is 0.296. The predicted octanol–water partition coefficient (Wildman–Crippen LogP) is 2.06. The lowest BCUT2D eigenvalue weighted by molar-refractivity contribution is -0.160. The molecule has 5 rings (SSSR count). The van der Waals surface area contributed by atoms with E-state index in [0.717, 1.165) is 16.9 Å². The SMILES string of the molecule is O=C(COC(=O)[C@@H](Cc1ccccc1)N1C(=O)[C@@H]2[C@H](C1=O)[C@H]1C=C[C@H]2C1)NNC(=O)c1ccccc1Cl. The number of hydrogen-bond donors (Lipinski definition) is 2. The first-order valence-electron chi connectivity index (χ1n) is 11.9. The van der Waals surface area contributed by atoms with Crippen molar-refractivity contribution in [1.29, 1.82) is 0 Å². The predicted molar refractivity (Wildman–Crippen MR) is 132 cm³/mol. The Kier molecular flexibility index (Phi) is 6.80. The standard InChI is InChI=1S/C27H24ClN3O6/c28-19-9-5-4-8-18(19)24(33)30-29-21(32)14-37-27(36)20(12-15-6-2-1-3-7-15)31-25(34)22-16-10-11-17(13-16)23(22)26(31)35/h1-11,16-17,20,22-23H,12-14H2,(H,29,32)(H,30,33)/t16-,17-,20+,22-,23+/m0/s1. The Bertz CT molecular complexity index is 1270. The van der Waals surface area contributed by atoms with Crippen LogP contribution in [-0.2, 0) is 30.3 Å². The molecular weight excluding hydrogens is 498 g/mol. The topological polar surface area (TPSA) is 122 Å². The van der Waals surface area contributed by atoms with Crippen LogP contribution >= 0.6 is 11.6 Å². The summed E-state index contributed by atoms with van der Waals surface area (Å²) in [6.45, 7) is -0.719. The van der Waals surface area contributed by atoms with E-state index in [1.165, 1.54) is 12.1 Å². The molecule has 190 valence electrons. The number of allylic oxidation sites excluding steroid dienone is 2. The second-order valence-corrected chi connectivity index (χ2v) is 9.75. The van der Waals surface area contributed by atoms with Gasteiger partial charge < -0.3 is 4.74 Å². The lowest BCUT2D eigenvalue weighted by Crippen LogP contribution is -2.49. The van der Waals surface area contributed by atoms with Gasteiger partial charge in [0.05, 0.1) is 22.4 Å². The number of ether oxygens (including phenoxy) is 1. The van der Waals surface area contributed by atoms with Crippen LogP contribution in [0, 0.1) is 23.7 Å². The summed E-state index contributed by atoms with van der Waals surface area (Å²) in [5, 5.41) is 0.206. The maximum absolute atomic E-state index is 13.3. The van der Waals surface area contributed by atoms with Crippen LogP contribution in [0.4, 0.5) is 0 Å². The average Bonchev–Trinajstić information content (AvgIpc) is 3.59. The van der Waals surface area contributed by atoms with Crippen LogP contribution in [0.1, 0.15) is 22.3 Å². The molecule has 0 radical (unpaired) electrons. The molecular formula is C27H24ClN3O6. The van der Waals surface area contributed by atoms with E-state index >= 15 is 0 Å². The van der Waals surface area contributed by atoms with Gasteiger partial charge in [0.15, 0.2) is 6.61 Å². The minimum Gasteiger partial charge on any atom is -0.454 e. The van der Waals surface area contributed by atoms with E-state index in [2.05, 4.69) is 10.9 Å². The summed E-state index contributed by atoms with van der Waals surface area (Å²) in [5.74, 6) is -4.00. The number of amides is 4. The Labute approximate surface area is 217 Å². The number of esters is 1. The Balaban J connectivity index is 1.25. The van der Waals surface area contributed by atoms with Gasteiger partial charge in [-0.15, -0.1) is 0 Å². The Morgan fingerprint density at radius 3 is 2.19 bits per heavy atom. The second-order valence-electron chi connectivity index (χ2n) is 9.34. The summed E-state index contributed by atoms with van der Waals surface area (Å²) in [5.41, 5.74) is 5.26. The summed E-state index contributed by atoms with van der Waals surface area (Å²) in [6, 6.07) is 14.1. The fourth-order valence-electron chi connectivity index (χ4n) is 5.46. The summed E-state index contributed by atoms with van der Waals surface area (Å²) >= 11 is 5.97. The average molecular weight is 522 g/mol. The summed E-state index contributed by atoms with van der Waals surface area (Å²) in [4.78, 5) is 65.3. The number of benzene rings is 2. The van der Waals surface area contributed by atoms with E-state index in [1.54, 1.807) is 36.4 Å². The van der Waals surface area contributed by atoms with Gasteiger partial charge in [-0.05, 0) is 36.0 Å². The number of carbonyl (C=O) groups is 5. The molecule has 2 N–H and O–H groups in total. The Morgan fingerprint density at radius 2 is 1.54 bits per heavy atom. The molecule has 4 amide bonds. The van der Waals surface area contributed by atoms with E-state index in [0.29, 0.717) is 0 Å². The molecule has 1 aliphatic heterocycles. The lowest BCUT2D eigenvalue weighted by Gasteiger charge is -2.26. The van der Waals surface area contributed by atoms with E-state index in [1.807, 2.05) is 18.2 Å². The highest BCUT2D eigenvalue weighted by atomic mass is 35.5. The molecule has 0 spiro atoms. The first-order valence-corrected chi connectivity index (χ1v) is 12.3. The minimum absolute atomic E-state index is 0.00245. The number of likely N-dealkylation sites (tertiary alicyclic amines) is 1. The maximum atomic E-state index is 13.3. The van der Waals surface area contributed by atoms with Gasteiger partial charge in [0.1, 0.15) is 6.04 Å². The third kappa shape index (κ3) is 4.74. The van der Waals surface area contributed by atoms with Gasteiger partial charge in [-0.25, -0.2) is 4.79 Å². The smallest absolute Gasteiger partial charge is 0.330 e. The first-order chi connectivity index (χ1) is 17.8. The van der Waals surface area contributed by atoms with E-state index < -0.39 is 42.3 Å². The van der Waals surface area contributed by atoms with Crippen molar-refractivity contribution in [2.75, 3.05) is 6.61 Å². The lowest BCUT2D eigenvalue weighted by atomic mass is 9.85. The molecule has 1 heterocycles. The number of carbonyl (C=O) groups excluding carboxylic acids is 5. The highest BCUT2D eigenvalue weighted by Crippen LogP contribution is 2.53. The van der Waals surface area contributed by atoms with E-state index in [9.17, 15) is 24.0 Å². The molecule has 10 heteroatoms. The number of hydrogen-bond acceptors (Lipinski definition) is 6. The molecule has 9 nitrogen and oxygen atoms in total. The van der Waals surface area contributed by atoms with Gasteiger partial charge >= 0.3 is 5.97 Å². The number of hydrazine groups is 1. The third-order valence-corrected chi connectivity index (χ3v) is 7.47. The molecule has 37 heavy (non-hydrogen) atoms. The van der Waals surface area contributed by atoms with Gasteiger partial charge in [0.25, 0.3) is 11.8 Å². The summed E-state index contributed by atoms with van der Waals surface area (Å²) in [6.07, 6.45) is 4.79. The molecule has 5 atom stereocenters. The molecule has 2 fully saturated rings. The summed E-state index contributed by atoms with van der Waals surface area (Å²) in [7, 11) is 0. The number of nitrogens with one attached hydrogen (secondary N) is 2. The molecule has 2 aromatic rings. The van der Waals surface area contributed by atoms with Gasteiger partial charge in [-0.2, -0.15) is 0 Å². The molecule has 1 saturated carbocycles. The normalized spacial score (nSPS) is 24.1. The van der Waals surface area contributed by atoms with Crippen molar-refractivity contribution in [1.82, 2.24) is 15.8 Å². The van der Waals surface area contributed by atoms with Crippen LogP contribution in [0.2, 0.25) is 5.02 Å². The maximum Gasteiger partial charge on any atom is 0.330 e. The number of imide groups is 1. The second kappa shape index (κ2) is 10.2. The molecule has 3 aliphatic rings. The van der Waals surface area contributed by atoms with Crippen LogP contribution in [0.25, 0.3) is 0 Å². The van der Waals surface area contributed by atoms with Crippen molar-refractivity contribution in [2.45, 2.75) is 18.9 Å². The number of rotatable bonds is 7.